The predicted molar refractivity (Wildman–Crippen MR) is 45.1 cm³/mol. The first-order chi connectivity index (χ1) is 6.11. The Morgan fingerprint density at radius 3 is 2.85 bits per heavy atom. The van der Waals surface area contributed by atoms with Crippen LogP contribution in [0.15, 0.2) is 17.0 Å². The molecule has 0 spiro atoms. The van der Waals surface area contributed by atoms with E-state index in [1.165, 1.54) is 12.5 Å². The molecule has 0 aliphatic heterocycles. The van der Waals surface area contributed by atoms with Crippen molar-refractivity contribution in [3.63, 3.8) is 0 Å². The van der Waals surface area contributed by atoms with Gasteiger partial charge in [-0.25, -0.2) is 0 Å². The van der Waals surface area contributed by atoms with Crippen molar-refractivity contribution in [3.05, 3.63) is 18.0 Å². The van der Waals surface area contributed by atoms with Gasteiger partial charge in [0.05, 0.1) is 23.9 Å². The fourth-order valence-electron chi connectivity index (χ4n) is 0.728. The van der Waals surface area contributed by atoms with Crippen LogP contribution in [0.3, 0.4) is 0 Å². The van der Waals surface area contributed by atoms with Crippen LogP contribution in [0.4, 0.5) is 0 Å². The van der Waals surface area contributed by atoms with E-state index < -0.39 is 6.10 Å². The molecule has 0 aliphatic rings. The fourth-order valence-corrected chi connectivity index (χ4v) is 0.728. The van der Waals surface area contributed by atoms with Gasteiger partial charge in [-0.1, -0.05) is 5.16 Å². The van der Waals surface area contributed by atoms with Crippen LogP contribution in [0, 0.1) is 0 Å². The third-order valence-corrected chi connectivity index (χ3v) is 1.78. The summed E-state index contributed by atoms with van der Waals surface area (Å²) in [6, 6.07) is -0.289. The average Bonchev–Trinajstić information content (AvgIpc) is 2.55. The molecule has 2 N–H and O–H groups in total. The lowest BCUT2D eigenvalue weighted by molar-refractivity contribution is 0.0873. The number of carbonyl (C=O) groups is 1. The van der Waals surface area contributed by atoms with Crippen molar-refractivity contribution in [2.75, 3.05) is 0 Å². The number of aliphatic hydroxyl groups is 1. The van der Waals surface area contributed by atoms with E-state index in [0.29, 0.717) is 5.56 Å². The Balaban J connectivity index is 2.52. The molecule has 1 amide bonds. The minimum atomic E-state index is -0.580. The van der Waals surface area contributed by atoms with Crippen molar-refractivity contribution >= 4 is 5.91 Å². The highest BCUT2D eigenvalue weighted by molar-refractivity contribution is 5.93. The van der Waals surface area contributed by atoms with Gasteiger partial charge in [-0.2, -0.15) is 0 Å². The molecule has 0 saturated carbocycles. The second kappa shape index (κ2) is 4.04. The van der Waals surface area contributed by atoms with Gasteiger partial charge < -0.3 is 14.9 Å². The van der Waals surface area contributed by atoms with Crippen molar-refractivity contribution < 1.29 is 14.4 Å². The quantitative estimate of drug-likeness (QED) is 0.702. The molecule has 0 aromatic carbocycles. The van der Waals surface area contributed by atoms with Gasteiger partial charge in [0, 0.05) is 0 Å². The summed E-state index contributed by atoms with van der Waals surface area (Å²) in [6.07, 6.45) is 2.00. The maximum absolute atomic E-state index is 11.3. The third-order valence-electron chi connectivity index (χ3n) is 1.78. The van der Waals surface area contributed by atoms with E-state index in [1.807, 2.05) is 0 Å². The van der Waals surface area contributed by atoms with Gasteiger partial charge in [-0.3, -0.25) is 4.79 Å². The van der Waals surface area contributed by atoms with E-state index in [2.05, 4.69) is 15.0 Å². The van der Waals surface area contributed by atoms with Crippen LogP contribution < -0.4 is 5.32 Å². The molecule has 1 rings (SSSR count). The van der Waals surface area contributed by atoms with Crippen LogP contribution in [0.25, 0.3) is 0 Å². The van der Waals surface area contributed by atoms with Crippen molar-refractivity contribution in [2.24, 2.45) is 0 Å². The van der Waals surface area contributed by atoms with E-state index in [-0.39, 0.29) is 11.9 Å². The van der Waals surface area contributed by atoms with Gasteiger partial charge >= 0.3 is 0 Å². The number of hydrogen-bond acceptors (Lipinski definition) is 4. The highest BCUT2D eigenvalue weighted by atomic mass is 16.5. The number of rotatable bonds is 3. The normalized spacial score (nSPS) is 15.0. The van der Waals surface area contributed by atoms with Crippen molar-refractivity contribution in [1.29, 1.82) is 0 Å². The number of carbonyl (C=O) groups excluding carboxylic acids is 1. The zero-order valence-corrected chi connectivity index (χ0v) is 7.52. The molecule has 5 heteroatoms. The predicted octanol–water partition coefficient (Wildman–Crippen LogP) is 0.174. The number of aromatic nitrogens is 1. The molecule has 0 aliphatic carbocycles. The topological polar surface area (TPSA) is 75.4 Å². The lowest BCUT2D eigenvalue weighted by Gasteiger charge is -2.15. The summed E-state index contributed by atoms with van der Waals surface area (Å²) in [5, 5.41) is 15.1. The summed E-state index contributed by atoms with van der Waals surface area (Å²) in [5.41, 5.74) is 0.354. The SMILES string of the molecule is CC(O)C(C)NC(=O)c1cnoc1. The van der Waals surface area contributed by atoms with Crippen LogP contribution >= 0.6 is 0 Å². The van der Waals surface area contributed by atoms with Crippen LogP contribution in [0.1, 0.15) is 24.2 Å². The highest BCUT2D eigenvalue weighted by Crippen LogP contribution is 1.98. The molecule has 2 atom stereocenters. The van der Waals surface area contributed by atoms with Gasteiger partial charge in [-0.15, -0.1) is 0 Å². The van der Waals surface area contributed by atoms with Crippen LogP contribution in [-0.4, -0.2) is 28.3 Å². The second-order valence-corrected chi connectivity index (χ2v) is 2.92. The fraction of sp³-hybridized carbons (Fsp3) is 0.500. The minimum absolute atomic E-state index is 0.289. The zero-order valence-electron chi connectivity index (χ0n) is 7.52. The lowest BCUT2D eigenvalue weighted by atomic mass is 10.2. The van der Waals surface area contributed by atoms with Gasteiger partial charge in [-0.05, 0) is 13.8 Å². The Labute approximate surface area is 75.7 Å². The van der Waals surface area contributed by atoms with Crippen LogP contribution in [0.2, 0.25) is 0 Å². The molecular weight excluding hydrogens is 172 g/mol. The summed E-state index contributed by atoms with van der Waals surface area (Å²) >= 11 is 0. The van der Waals surface area contributed by atoms with Crippen LogP contribution in [-0.2, 0) is 0 Å². The first kappa shape index (κ1) is 9.73. The Morgan fingerprint density at radius 2 is 2.38 bits per heavy atom. The van der Waals surface area contributed by atoms with E-state index in [4.69, 9.17) is 5.11 Å². The largest absolute Gasteiger partial charge is 0.391 e. The first-order valence-electron chi connectivity index (χ1n) is 3.99. The summed E-state index contributed by atoms with van der Waals surface area (Å²) in [7, 11) is 0. The smallest absolute Gasteiger partial charge is 0.256 e. The van der Waals surface area contributed by atoms with E-state index in [1.54, 1.807) is 13.8 Å². The molecular formula is C8H12N2O3. The molecule has 5 nitrogen and oxygen atoms in total. The van der Waals surface area contributed by atoms with Gasteiger partial charge in [0.25, 0.3) is 5.91 Å². The molecule has 2 unspecified atom stereocenters. The Hall–Kier alpha value is -1.36. The monoisotopic (exact) mass is 184 g/mol. The number of nitrogens with one attached hydrogen (secondary N) is 1. The Bertz CT molecular complexity index is 269. The second-order valence-electron chi connectivity index (χ2n) is 2.92. The molecule has 0 bridgehead atoms. The molecule has 1 aromatic heterocycles. The molecule has 1 heterocycles. The summed E-state index contributed by atoms with van der Waals surface area (Å²) in [6.45, 7) is 3.33. The molecule has 1 aromatic rings. The third kappa shape index (κ3) is 2.55. The maximum Gasteiger partial charge on any atom is 0.256 e. The number of amides is 1. The van der Waals surface area contributed by atoms with E-state index in [9.17, 15) is 4.79 Å². The van der Waals surface area contributed by atoms with E-state index in [0.717, 1.165) is 0 Å². The highest BCUT2D eigenvalue weighted by Gasteiger charge is 2.14. The average molecular weight is 184 g/mol. The first-order valence-corrected chi connectivity index (χ1v) is 3.99. The molecule has 72 valence electrons. The number of nitrogens with zero attached hydrogens (tertiary/aromatic N) is 1. The Morgan fingerprint density at radius 1 is 1.69 bits per heavy atom. The number of aliphatic hydroxyl groups excluding tert-OH is 1. The van der Waals surface area contributed by atoms with Gasteiger partial charge in [0.2, 0.25) is 0 Å². The molecule has 0 saturated heterocycles. The summed E-state index contributed by atoms with van der Waals surface area (Å²) in [4.78, 5) is 11.3. The van der Waals surface area contributed by atoms with Gasteiger partial charge in [0.1, 0.15) is 6.26 Å². The van der Waals surface area contributed by atoms with Crippen molar-refractivity contribution in [2.45, 2.75) is 26.0 Å². The van der Waals surface area contributed by atoms with Crippen molar-refractivity contribution in [3.8, 4) is 0 Å². The lowest BCUT2D eigenvalue weighted by Crippen LogP contribution is -2.39. The minimum Gasteiger partial charge on any atom is -0.391 e. The number of hydrogen-bond donors (Lipinski definition) is 2. The summed E-state index contributed by atoms with van der Waals surface area (Å²) in [5.74, 6) is -0.297. The van der Waals surface area contributed by atoms with Gasteiger partial charge in [0.15, 0.2) is 0 Å². The molecule has 0 radical (unpaired) electrons. The summed E-state index contributed by atoms with van der Waals surface area (Å²) < 4.78 is 4.50. The standard InChI is InChI=1S/C8H12N2O3/c1-5(6(2)11)10-8(12)7-3-9-13-4-7/h3-6,11H,1-2H3,(H,10,12). The molecule has 13 heavy (non-hydrogen) atoms. The zero-order chi connectivity index (χ0) is 9.84. The maximum atomic E-state index is 11.3. The molecule has 0 fully saturated rings. The Kier molecular flexibility index (Phi) is 3.02. The van der Waals surface area contributed by atoms with E-state index >= 15 is 0 Å². The van der Waals surface area contributed by atoms with Crippen molar-refractivity contribution in [1.82, 2.24) is 10.5 Å². The van der Waals surface area contributed by atoms with Crippen LogP contribution in [0.5, 0.6) is 0 Å².